The van der Waals surface area contributed by atoms with Gasteiger partial charge in [-0.25, -0.2) is 0 Å². The molecular formula is C46H52N2O8. The molecule has 2 saturated heterocycles. The highest BCUT2D eigenvalue weighted by Crippen LogP contribution is 2.39. The highest BCUT2D eigenvalue weighted by Gasteiger charge is 2.46. The van der Waals surface area contributed by atoms with Gasteiger partial charge in [0.05, 0.1) is 75.1 Å². The summed E-state index contributed by atoms with van der Waals surface area (Å²) in [5.74, 6) is -1.16. The van der Waals surface area contributed by atoms with Gasteiger partial charge in [-0.15, -0.1) is 0 Å². The second-order valence-electron chi connectivity index (χ2n) is 14.8. The van der Waals surface area contributed by atoms with Gasteiger partial charge >= 0.3 is 0 Å². The third-order valence-corrected chi connectivity index (χ3v) is 11.4. The maximum Gasteiger partial charge on any atom is 0.0992 e. The predicted molar refractivity (Wildman–Crippen MR) is 214 cm³/mol. The summed E-state index contributed by atoms with van der Waals surface area (Å²) in [6, 6.07) is 42.5. The molecule has 5 aromatic carbocycles. The average Bonchev–Trinajstić information content (AvgIpc) is 3.26. The van der Waals surface area contributed by atoms with Crippen LogP contribution in [0, 0.1) is 11.8 Å². The van der Waals surface area contributed by atoms with E-state index >= 15 is 0 Å². The average molecular weight is 761 g/mol. The number of benzene rings is 5. The summed E-state index contributed by atoms with van der Waals surface area (Å²) in [4.78, 5) is 0. The van der Waals surface area contributed by atoms with Gasteiger partial charge in [-0.05, 0) is 44.5 Å². The van der Waals surface area contributed by atoms with E-state index in [1.165, 1.54) is 0 Å². The first-order valence-corrected chi connectivity index (χ1v) is 19.4. The third kappa shape index (κ3) is 8.81. The zero-order chi connectivity index (χ0) is 39.0. The normalized spacial score (nSPS) is 27.9. The van der Waals surface area contributed by atoms with Crippen molar-refractivity contribution in [2.24, 2.45) is 11.8 Å². The Labute approximate surface area is 328 Å². The van der Waals surface area contributed by atoms with E-state index in [4.69, 9.17) is 9.47 Å². The Morgan fingerprint density at radius 2 is 0.732 bits per heavy atom. The largest absolute Gasteiger partial charge is 0.396 e. The van der Waals surface area contributed by atoms with Crippen molar-refractivity contribution in [2.75, 3.05) is 26.4 Å². The fourth-order valence-corrected chi connectivity index (χ4v) is 8.20. The van der Waals surface area contributed by atoms with Crippen LogP contribution in [0.15, 0.2) is 133 Å². The van der Waals surface area contributed by atoms with Gasteiger partial charge in [-0.2, -0.15) is 0 Å². The van der Waals surface area contributed by atoms with Crippen molar-refractivity contribution in [1.29, 1.82) is 0 Å². The van der Waals surface area contributed by atoms with Crippen LogP contribution in [0.4, 0.5) is 0 Å². The monoisotopic (exact) mass is 760 g/mol. The summed E-state index contributed by atoms with van der Waals surface area (Å²) in [7, 11) is 0. The number of nitrogens with one attached hydrogen (secondary N) is 2. The van der Waals surface area contributed by atoms with Gasteiger partial charge in [-0.1, -0.05) is 133 Å². The fourth-order valence-electron chi connectivity index (χ4n) is 8.20. The van der Waals surface area contributed by atoms with E-state index in [-0.39, 0.29) is 26.4 Å². The Balaban J connectivity index is 0.993. The first-order valence-electron chi connectivity index (χ1n) is 19.4. The van der Waals surface area contributed by atoms with E-state index in [0.717, 1.165) is 44.5 Å². The van der Waals surface area contributed by atoms with Crippen molar-refractivity contribution in [2.45, 2.75) is 61.8 Å². The summed E-state index contributed by atoms with van der Waals surface area (Å²) in [5.41, 5.74) is 7.72. The van der Waals surface area contributed by atoms with Crippen molar-refractivity contribution < 1.29 is 40.1 Å². The number of hydrogen-bond donors (Lipinski definition) is 8. The SMILES string of the molecule is OC[C@H]1[C@@H](O)[C@@H](NCc2ccccc2)[C@@H](CO)O[C@H]1c1ccc(-c2ccc(-c3ccc([C@@H]4O[C@H](CO)[C@H](NCc5ccccc5)[C@H](O)[C@@H]4CO)cc3)cc2)cc1. The Hall–Kier alpha value is -4.30. The van der Waals surface area contributed by atoms with E-state index in [1.54, 1.807) is 0 Å². The van der Waals surface area contributed by atoms with E-state index in [1.807, 2.05) is 109 Å². The Bertz CT molecular complexity index is 1790. The quantitative estimate of drug-likeness (QED) is 0.0826. The van der Waals surface area contributed by atoms with E-state index in [9.17, 15) is 30.6 Å². The standard InChI is InChI=1S/C46H52N2O8/c49-25-37-43(53)41(47-23-29-7-3-1-4-8-29)39(27-51)55-45(37)35-19-15-33(16-20-35)31-11-13-32(14-12-31)34-17-21-36(22-18-34)46-38(26-50)44(54)42(40(28-52)56-46)48-24-30-9-5-2-6-10-30/h1-22,37-54H,23-28H2/t37-,38-,39+,40+,41-,42-,43+,44+,45-,46-/m0/s1. The minimum Gasteiger partial charge on any atom is -0.396 e. The van der Waals surface area contributed by atoms with E-state index in [0.29, 0.717) is 13.1 Å². The lowest BCUT2D eigenvalue weighted by atomic mass is 9.82. The number of hydrogen-bond acceptors (Lipinski definition) is 10. The van der Waals surface area contributed by atoms with Crippen LogP contribution in [-0.4, -0.2) is 93.6 Å². The van der Waals surface area contributed by atoms with Gasteiger partial charge in [-0.3, -0.25) is 0 Å². The van der Waals surface area contributed by atoms with Crippen molar-refractivity contribution in [3.05, 3.63) is 156 Å². The van der Waals surface area contributed by atoms with Gasteiger partial charge in [0.2, 0.25) is 0 Å². The first kappa shape index (κ1) is 39.9. The molecule has 0 unspecified atom stereocenters. The van der Waals surface area contributed by atoms with Gasteiger partial charge < -0.3 is 50.7 Å². The molecule has 2 fully saturated rings. The van der Waals surface area contributed by atoms with Gasteiger partial charge in [0.1, 0.15) is 0 Å². The van der Waals surface area contributed by atoms with Crippen LogP contribution in [0.25, 0.3) is 22.3 Å². The van der Waals surface area contributed by atoms with Crippen LogP contribution in [0.3, 0.4) is 0 Å². The van der Waals surface area contributed by atoms with Crippen molar-refractivity contribution in [3.63, 3.8) is 0 Å². The van der Waals surface area contributed by atoms with Crippen LogP contribution in [-0.2, 0) is 22.6 Å². The number of rotatable bonds is 14. The van der Waals surface area contributed by atoms with Gasteiger partial charge in [0.15, 0.2) is 0 Å². The van der Waals surface area contributed by atoms with Crippen LogP contribution >= 0.6 is 0 Å². The molecule has 0 radical (unpaired) electrons. The zero-order valence-corrected chi connectivity index (χ0v) is 31.2. The smallest absolute Gasteiger partial charge is 0.0992 e. The molecule has 2 aliphatic rings. The predicted octanol–water partition coefficient (Wildman–Crippen LogP) is 4.14. The van der Waals surface area contributed by atoms with E-state index < -0.39 is 60.5 Å². The molecule has 8 N–H and O–H groups in total. The molecular weight excluding hydrogens is 709 g/mol. The third-order valence-electron chi connectivity index (χ3n) is 11.4. The second-order valence-corrected chi connectivity index (χ2v) is 14.8. The summed E-state index contributed by atoms with van der Waals surface area (Å²) in [5, 5.41) is 70.4. The lowest BCUT2D eigenvalue weighted by Crippen LogP contribution is -2.59. The topological polar surface area (TPSA) is 164 Å². The molecule has 0 aromatic heterocycles. The first-order chi connectivity index (χ1) is 27.4. The van der Waals surface area contributed by atoms with Crippen LogP contribution in [0.1, 0.15) is 34.5 Å². The van der Waals surface area contributed by atoms with Crippen LogP contribution in [0.5, 0.6) is 0 Å². The maximum absolute atomic E-state index is 11.3. The summed E-state index contributed by atoms with van der Waals surface area (Å²) in [6.07, 6.45) is -4.37. The van der Waals surface area contributed by atoms with Crippen LogP contribution in [0.2, 0.25) is 0 Å². The second kappa shape index (κ2) is 18.8. The van der Waals surface area contributed by atoms with Crippen molar-refractivity contribution in [3.8, 4) is 22.3 Å². The van der Waals surface area contributed by atoms with Gasteiger partial charge in [0, 0.05) is 24.9 Å². The highest BCUT2D eigenvalue weighted by molar-refractivity contribution is 5.70. The minimum atomic E-state index is -0.934. The lowest BCUT2D eigenvalue weighted by Gasteiger charge is -2.44. The molecule has 10 nitrogen and oxygen atoms in total. The van der Waals surface area contributed by atoms with Crippen molar-refractivity contribution >= 4 is 0 Å². The lowest BCUT2D eigenvalue weighted by molar-refractivity contribution is -0.178. The molecule has 0 aliphatic carbocycles. The number of aliphatic hydroxyl groups is 6. The van der Waals surface area contributed by atoms with Crippen molar-refractivity contribution in [1.82, 2.24) is 10.6 Å². The minimum absolute atomic E-state index is 0.272. The Morgan fingerprint density at radius 1 is 0.411 bits per heavy atom. The highest BCUT2D eigenvalue weighted by atomic mass is 16.5. The molecule has 0 saturated carbocycles. The van der Waals surface area contributed by atoms with Gasteiger partial charge in [0.25, 0.3) is 0 Å². The summed E-state index contributed by atoms with van der Waals surface area (Å²) >= 11 is 0. The molecule has 2 aliphatic heterocycles. The summed E-state index contributed by atoms with van der Waals surface area (Å²) in [6.45, 7) is -0.100. The molecule has 10 atom stereocenters. The maximum atomic E-state index is 11.3. The molecule has 5 aromatic rings. The fraction of sp³-hybridized carbons (Fsp3) is 0.348. The molecule has 294 valence electrons. The molecule has 2 heterocycles. The zero-order valence-electron chi connectivity index (χ0n) is 31.2. The Morgan fingerprint density at radius 3 is 1.04 bits per heavy atom. The summed E-state index contributed by atoms with van der Waals surface area (Å²) < 4.78 is 12.7. The number of aliphatic hydroxyl groups excluding tert-OH is 6. The Kier molecular flexibility index (Phi) is 13.4. The molecule has 0 amide bonds. The molecule has 0 bridgehead atoms. The van der Waals surface area contributed by atoms with E-state index in [2.05, 4.69) is 34.9 Å². The molecule has 7 rings (SSSR count). The molecule has 0 spiro atoms. The number of ether oxygens (including phenoxy) is 2. The van der Waals surface area contributed by atoms with Crippen LogP contribution < -0.4 is 10.6 Å². The molecule has 10 heteroatoms. The molecule has 56 heavy (non-hydrogen) atoms.